The number of pyridine rings is 1. The first-order valence-corrected chi connectivity index (χ1v) is 7.06. The van der Waals surface area contributed by atoms with E-state index in [9.17, 15) is 9.18 Å². The number of halogens is 2. The normalized spacial score (nSPS) is 17.1. The van der Waals surface area contributed by atoms with E-state index in [0.29, 0.717) is 16.7 Å². The van der Waals surface area contributed by atoms with Crippen LogP contribution in [0.2, 0.25) is 0 Å². The molecule has 2 aromatic rings. The molecule has 1 aliphatic rings. The molecule has 0 bridgehead atoms. The van der Waals surface area contributed by atoms with Gasteiger partial charge in [0.15, 0.2) is 0 Å². The van der Waals surface area contributed by atoms with Gasteiger partial charge in [-0.25, -0.2) is 9.37 Å². The second-order valence-electron chi connectivity index (χ2n) is 4.82. The molecule has 0 spiro atoms. The number of nitrogens with zero attached hydrogens (tertiary/aromatic N) is 2. The zero-order valence-electron chi connectivity index (χ0n) is 10.8. The van der Waals surface area contributed by atoms with E-state index in [1.165, 1.54) is 12.1 Å². The Labute approximate surface area is 124 Å². The van der Waals surface area contributed by atoms with Crippen molar-refractivity contribution in [3.63, 3.8) is 0 Å². The highest BCUT2D eigenvalue weighted by Crippen LogP contribution is 2.34. The molecule has 0 aliphatic carbocycles. The smallest absolute Gasteiger partial charge is 0.256 e. The van der Waals surface area contributed by atoms with E-state index in [1.807, 2.05) is 6.92 Å². The van der Waals surface area contributed by atoms with Crippen LogP contribution in [0, 0.1) is 5.82 Å². The number of aromatic nitrogens is 1. The van der Waals surface area contributed by atoms with E-state index >= 15 is 0 Å². The molecule has 5 heteroatoms. The predicted octanol–water partition coefficient (Wildman–Crippen LogP) is 3.70. The molecule has 0 saturated heterocycles. The maximum absolute atomic E-state index is 13.3. The van der Waals surface area contributed by atoms with Gasteiger partial charge in [0, 0.05) is 12.7 Å². The van der Waals surface area contributed by atoms with Crippen LogP contribution >= 0.6 is 15.9 Å². The molecule has 1 aromatic heterocycles. The lowest BCUT2D eigenvalue weighted by atomic mass is 10.1. The van der Waals surface area contributed by atoms with Crippen LogP contribution < -0.4 is 0 Å². The maximum Gasteiger partial charge on any atom is 0.256 e. The van der Waals surface area contributed by atoms with E-state index in [4.69, 9.17) is 0 Å². The van der Waals surface area contributed by atoms with Gasteiger partial charge in [-0.15, -0.1) is 0 Å². The molecule has 1 amide bonds. The third-order valence-electron chi connectivity index (χ3n) is 3.60. The van der Waals surface area contributed by atoms with E-state index in [2.05, 4.69) is 20.9 Å². The summed E-state index contributed by atoms with van der Waals surface area (Å²) < 4.78 is 14.0. The SMILES string of the molecule is CC1c2ccc(F)cc2CN1C(=O)c1ccc(Br)nc1. The molecule has 1 aromatic carbocycles. The van der Waals surface area contributed by atoms with Crippen LogP contribution in [0.4, 0.5) is 4.39 Å². The molecule has 1 atom stereocenters. The van der Waals surface area contributed by atoms with Gasteiger partial charge in [-0.3, -0.25) is 4.79 Å². The van der Waals surface area contributed by atoms with Crippen LogP contribution in [-0.4, -0.2) is 15.8 Å². The number of amides is 1. The summed E-state index contributed by atoms with van der Waals surface area (Å²) in [6.45, 7) is 2.39. The second kappa shape index (κ2) is 4.98. The zero-order valence-corrected chi connectivity index (χ0v) is 12.4. The minimum atomic E-state index is -0.268. The number of rotatable bonds is 1. The van der Waals surface area contributed by atoms with Gasteiger partial charge in [0.2, 0.25) is 0 Å². The van der Waals surface area contributed by atoms with Crippen LogP contribution in [0.25, 0.3) is 0 Å². The Balaban J connectivity index is 1.90. The molecule has 1 aliphatic heterocycles. The van der Waals surface area contributed by atoms with Crippen LogP contribution in [0.3, 0.4) is 0 Å². The van der Waals surface area contributed by atoms with Crippen molar-refractivity contribution in [2.75, 3.05) is 0 Å². The second-order valence-corrected chi connectivity index (χ2v) is 5.63. The molecule has 1 unspecified atom stereocenters. The topological polar surface area (TPSA) is 33.2 Å². The fourth-order valence-electron chi connectivity index (χ4n) is 2.52. The molecular weight excluding hydrogens is 323 g/mol. The van der Waals surface area contributed by atoms with Crippen molar-refractivity contribution in [1.82, 2.24) is 9.88 Å². The number of fused-ring (bicyclic) bond motifs is 1. The zero-order chi connectivity index (χ0) is 14.3. The van der Waals surface area contributed by atoms with Crippen molar-refractivity contribution < 1.29 is 9.18 Å². The van der Waals surface area contributed by atoms with E-state index in [-0.39, 0.29) is 17.8 Å². The van der Waals surface area contributed by atoms with E-state index in [0.717, 1.165) is 11.1 Å². The van der Waals surface area contributed by atoms with Gasteiger partial charge >= 0.3 is 0 Å². The van der Waals surface area contributed by atoms with Gasteiger partial charge in [0.1, 0.15) is 10.4 Å². The van der Waals surface area contributed by atoms with Crippen molar-refractivity contribution in [2.45, 2.75) is 19.5 Å². The van der Waals surface area contributed by atoms with Gasteiger partial charge in [-0.2, -0.15) is 0 Å². The van der Waals surface area contributed by atoms with Gasteiger partial charge in [-0.05, 0) is 58.2 Å². The lowest BCUT2D eigenvalue weighted by Gasteiger charge is -2.21. The van der Waals surface area contributed by atoms with Crippen molar-refractivity contribution in [3.05, 3.63) is 63.6 Å². The number of benzene rings is 1. The fourth-order valence-corrected chi connectivity index (χ4v) is 2.76. The van der Waals surface area contributed by atoms with Gasteiger partial charge in [0.25, 0.3) is 5.91 Å². The van der Waals surface area contributed by atoms with Crippen LogP contribution in [0.5, 0.6) is 0 Å². The highest BCUT2D eigenvalue weighted by Gasteiger charge is 2.31. The average Bonchev–Trinajstić information content (AvgIpc) is 2.75. The van der Waals surface area contributed by atoms with Gasteiger partial charge in [-0.1, -0.05) is 6.07 Å². The average molecular weight is 335 g/mol. The highest BCUT2D eigenvalue weighted by atomic mass is 79.9. The Morgan fingerprint density at radius 2 is 2.20 bits per heavy atom. The monoisotopic (exact) mass is 334 g/mol. The van der Waals surface area contributed by atoms with Crippen LogP contribution in [0.15, 0.2) is 41.1 Å². The van der Waals surface area contributed by atoms with Crippen LogP contribution in [0.1, 0.15) is 34.5 Å². The number of hydrogen-bond donors (Lipinski definition) is 0. The third-order valence-corrected chi connectivity index (χ3v) is 4.07. The number of carbonyl (C=O) groups is 1. The molecule has 3 rings (SSSR count). The summed E-state index contributed by atoms with van der Waals surface area (Å²) in [4.78, 5) is 18.3. The minimum absolute atomic E-state index is 0.0539. The first-order chi connectivity index (χ1) is 9.56. The molecule has 20 heavy (non-hydrogen) atoms. The van der Waals surface area contributed by atoms with Gasteiger partial charge < -0.3 is 4.90 Å². The molecule has 0 fully saturated rings. The summed E-state index contributed by atoms with van der Waals surface area (Å²) in [5.41, 5.74) is 2.41. The Morgan fingerprint density at radius 1 is 1.40 bits per heavy atom. The Kier molecular flexibility index (Phi) is 3.30. The summed E-state index contributed by atoms with van der Waals surface area (Å²) in [7, 11) is 0. The summed E-state index contributed by atoms with van der Waals surface area (Å²) in [5.74, 6) is -0.357. The largest absolute Gasteiger partial charge is 0.327 e. The minimum Gasteiger partial charge on any atom is -0.327 e. The van der Waals surface area contributed by atoms with Crippen molar-refractivity contribution in [3.8, 4) is 0 Å². The number of hydrogen-bond acceptors (Lipinski definition) is 2. The molecule has 102 valence electrons. The van der Waals surface area contributed by atoms with Gasteiger partial charge in [0.05, 0.1) is 11.6 Å². The third kappa shape index (κ3) is 2.22. The lowest BCUT2D eigenvalue weighted by molar-refractivity contribution is 0.0704. The summed E-state index contributed by atoms with van der Waals surface area (Å²) in [6, 6.07) is 8.10. The lowest BCUT2D eigenvalue weighted by Crippen LogP contribution is -2.28. The predicted molar refractivity (Wildman–Crippen MR) is 76.6 cm³/mol. The van der Waals surface area contributed by atoms with Crippen molar-refractivity contribution >= 4 is 21.8 Å². The Morgan fingerprint density at radius 3 is 2.90 bits per heavy atom. The van der Waals surface area contributed by atoms with Crippen LogP contribution in [-0.2, 0) is 6.54 Å². The van der Waals surface area contributed by atoms with Crippen molar-refractivity contribution in [2.24, 2.45) is 0 Å². The molecular formula is C15H12BrFN2O. The Bertz CT molecular complexity index is 672. The molecule has 0 N–H and O–H groups in total. The quantitative estimate of drug-likeness (QED) is 0.745. The molecule has 0 radical (unpaired) electrons. The first-order valence-electron chi connectivity index (χ1n) is 6.27. The number of carbonyl (C=O) groups excluding carboxylic acids is 1. The van der Waals surface area contributed by atoms with E-state index < -0.39 is 0 Å². The summed E-state index contributed by atoms with van der Waals surface area (Å²) in [5, 5.41) is 0. The molecule has 0 saturated carbocycles. The standard InChI is InChI=1S/C15H12BrFN2O/c1-9-13-4-3-12(17)6-11(13)8-19(9)15(20)10-2-5-14(16)18-7-10/h2-7,9H,8H2,1H3. The Hall–Kier alpha value is -1.75. The summed E-state index contributed by atoms with van der Waals surface area (Å²) >= 11 is 3.24. The fraction of sp³-hybridized carbons (Fsp3) is 0.200. The summed E-state index contributed by atoms with van der Waals surface area (Å²) in [6.07, 6.45) is 1.54. The molecule has 2 heterocycles. The maximum atomic E-state index is 13.3. The van der Waals surface area contributed by atoms with E-state index in [1.54, 1.807) is 29.3 Å². The highest BCUT2D eigenvalue weighted by molar-refractivity contribution is 9.10. The molecule has 3 nitrogen and oxygen atoms in total. The first kappa shape index (κ1) is 13.2. The van der Waals surface area contributed by atoms with Crippen molar-refractivity contribution in [1.29, 1.82) is 0 Å².